The zero-order chi connectivity index (χ0) is 19.8. The summed E-state index contributed by atoms with van der Waals surface area (Å²) in [6.07, 6.45) is 2.78. The number of hydrogen-bond donors (Lipinski definition) is 3. The first-order chi connectivity index (χ1) is 13.0. The number of nitrogens with zero attached hydrogens (tertiary/aromatic N) is 4. The fourth-order valence-corrected chi connectivity index (χ4v) is 2.16. The summed E-state index contributed by atoms with van der Waals surface area (Å²) in [5, 5.41) is 25.2. The van der Waals surface area contributed by atoms with E-state index < -0.39 is 27.1 Å². The molecular formula is C15H17N7O5. The van der Waals surface area contributed by atoms with Crippen molar-refractivity contribution in [3.05, 3.63) is 56.4 Å². The molecule has 142 valence electrons. The Morgan fingerprint density at radius 2 is 1.81 bits per heavy atom. The van der Waals surface area contributed by atoms with Crippen molar-refractivity contribution < 1.29 is 14.6 Å². The van der Waals surface area contributed by atoms with E-state index in [0.29, 0.717) is 6.54 Å². The second kappa shape index (κ2) is 9.03. The van der Waals surface area contributed by atoms with Crippen LogP contribution in [0.5, 0.6) is 0 Å². The molecule has 0 fully saturated rings. The molecule has 0 saturated heterocycles. The van der Waals surface area contributed by atoms with Crippen molar-refractivity contribution in [1.82, 2.24) is 15.4 Å². The van der Waals surface area contributed by atoms with Gasteiger partial charge in [-0.2, -0.15) is 0 Å². The molecule has 1 aromatic heterocycles. The molecule has 0 radical (unpaired) electrons. The summed E-state index contributed by atoms with van der Waals surface area (Å²) in [6.45, 7) is 2.46. The average molecular weight is 375 g/mol. The van der Waals surface area contributed by atoms with Crippen molar-refractivity contribution >= 4 is 28.9 Å². The maximum atomic E-state index is 12.2. The number of nitrogens with one attached hydrogen (secondary N) is 3. The van der Waals surface area contributed by atoms with Crippen LogP contribution in [-0.4, -0.2) is 32.3 Å². The monoisotopic (exact) mass is 375 g/mol. The topological polar surface area (TPSA) is 165 Å². The van der Waals surface area contributed by atoms with Crippen molar-refractivity contribution in [2.24, 2.45) is 0 Å². The van der Waals surface area contributed by atoms with E-state index in [1.165, 1.54) is 24.3 Å². The van der Waals surface area contributed by atoms with Gasteiger partial charge in [-0.1, -0.05) is 25.5 Å². The van der Waals surface area contributed by atoms with Crippen molar-refractivity contribution in [2.45, 2.75) is 19.8 Å². The highest BCUT2D eigenvalue weighted by atomic mass is 16.6. The molecule has 0 spiro atoms. The molecule has 0 atom stereocenters. The van der Waals surface area contributed by atoms with Crippen LogP contribution in [0.3, 0.4) is 0 Å². The first-order valence-electron chi connectivity index (χ1n) is 7.98. The third-order valence-corrected chi connectivity index (χ3v) is 3.47. The summed E-state index contributed by atoms with van der Waals surface area (Å²) in [5.74, 6) is -1.08. The van der Waals surface area contributed by atoms with Crippen molar-refractivity contribution in [2.75, 3.05) is 17.3 Å². The van der Waals surface area contributed by atoms with Gasteiger partial charge in [-0.25, -0.2) is 9.97 Å². The minimum atomic E-state index is -0.837. The number of rotatable bonds is 9. The normalized spacial score (nSPS) is 10.1. The van der Waals surface area contributed by atoms with Gasteiger partial charge in [-0.05, 0) is 12.5 Å². The number of amides is 1. The average Bonchev–Trinajstić information content (AvgIpc) is 2.66. The van der Waals surface area contributed by atoms with E-state index in [1.54, 1.807) is 0 Å². The van der Waals surface area contributed by atoms with Crippen molar-refractivity contribution in [3.63, 3.8) is 0 Å². The number of nitro benzene ring substituents is 1. The Morgan fingerprint density at radius 3 is 2.48 bits per heavy atom. The van der Waals surface area contributed by atoms with Crippen LogP contribution >= 0.6 is 0 Å². The van der Waals surface area contributed by atoms with Crippen LogP contribution in [0.25, 0.3) is 0 Å². The zero-order valence-electron chi connectivity index (χ0n) is 14.3. The molecule has 0 aliphatic carbocycles. The molecule has 1 amide bonds. The van der Waals surface area contributed by atoms with Crippen LogP contribution in [0, 0.1) is 20.2 Å². The van der Waals surface area contributed by atoms with Gasteiger partial charge in [-0.15, -0.1) is 0 Å². The molecule has 0 unspecified atom stereocenters. The standard InChI is InChI=1S/C15H17N7O5/c1-2-3-8-16-13-12(22(26)27)14(18-9-17-13)19-20-15(23)10-6-4-5-7-11(10)21(24)25/h4-7,9H,2-3,8H2,1H3,(H,20,23)(H2,16,17,18,19). The number of benzene rings is 1. The minimum Gasteiger partial charge on any atom is -0.364 e. The van der Waals surface area contributed by atoms with Crippen LogP contribution in [-0.2, 0) is 0 Å². The fourth-order valence-electron chi connectivity index (χ4n) is 2.16. The summed E-state index contributed by atoms with van der Waals surface area (Å²) >= 11 is 0. The van der Waals surface area contributed by atoms with Crippen molar-refractivity contribution in [3.8, 4) is 0 Å². The van der Waals surface area contributed by atoms with Gasteiger partial charge >= 0.3 is 5.69 Å². The predicted octanol–water partition coefficient (Wildman–Crippen LogP) is 2.26. The van der Waals surface area contributed by atoms with Crippen LogP contribution < -0.4 is 16.2 Å². The van der Waals surface area contributed by atoms with Crippen LogP contribution in [0.4, 0.5) is 23.0 Å². The molecular weight excluding hydrogens is 358 g/mol. The lowest BCUT2D eigenvalue weighted by molar-refractivity contribution is -0.385. The Kier molecular flexibility index (Phi) is 6.52. The molecule has 0 aliphatic rings. The molecule has 1 heterocycles. The third-order valence-electron chi connectivity index (χ3n) is 3.47. The first-order valence-corrected chi connectivity index (χ1v) is 7.98. The second-order valence-corrected chi connectivity index (χ2v) is 5.31. The molecule has 0 bridgehead atoms. The number of carbonyl (C=O) groups is 1. The lowest BCUT2D eigenvalue weighted by Crippen LogP contribution is -2.31. The fraction of sp³-hybridized carbons (Fsp3) is 0.267. The lowest BCUT2D eigenvalue weighted by atomic mass is 10.2. The van der Waals surface area contributed by atoms with Gasteiger partial charge in [0.2, 0.25) is 11.6 Å². The molecule has 3 N–H and O–H groups in total. The molecule has 0 aliphatic heterocycles. The largest absolute Gasteiger partial charge is 0.364 e. The van der Waals surface area contributed by atoms with E-state index in [9.17, 15) is 25.0 Å². The van der Waals surface area contributed by atoms with Crippen LogP contribution in [0.1, 0.15) is 30.1 Å². The van der Waals surface area contributed by atoms with Gasteiger partial charge < -0.3 is 5.32 Å². The Morgan fingerprint density at radius 1 is 1.11 bits per heavy atom. The lowest BCUT2D eigenvalue weighted by Gasteiger charge is -2.10. The number of unbranched alkanes of at least 4 members (excludes halogenated alkanes) is 1. The Balaban J connectivity index is 2.20. The van der Waals surface area contributed by atoms with Crippen LogP contribution in [0.2, 0.25) is 0 Å². The number of hydrogen-bond acceptors (Lipinski definition) is 9. The van der Waals surface area contributed by atoms with E-state index in [1.807, 2.05) is 6.92 Å². The Bertz CT molecular complexity index is 858. The highest BCUT2D eigenvalue weighted by molar-refractivity contribution is 5.98. The van der Waals surface area contributed by atoms with Crippen molar-refractivity contribution in [1.29, 1.82) is 0 Å². The van der Waals surface area contributed by atoms with E-state index in [0.717, 1.165) is 19.2 Å². The van der Waals surface area contributed by atoms with E-state index in [2.05, 4.69) is 26.1 Å². The summed E-state index contributed by atoms with van der Waals surface area (Å²) in [7, 11) is 0. The highest BCUT2D eigenvalue weighted by Crippen LogP contribution is 2.28. The Hall–Kier alpha value is -3.83. The molecule has 0 saturated carbocycles. The first kappa shape index (κ1) is 19.5. The summed E-state index contributed by atoms with van der Waals surface area (Å²) in [6, 6.07) is 5.33. The smallest absolute Gasteiger partial charge is 0.354 e. The molecule has 2 rings (SSSR count). The molecule has 12 nitrogen and oxygen atoms in total. The van der Waals surface area contributed by atoms with Crippen LogP contribution in [0.15, 0.2) is 30.6 Å². The van der Waals surface area contributed by atoms with Gasteiger partial charge in [0.15, 0.2) is 0 Å². The number of anilines is 2. The third kappa shape index (κ3) is 4.84. The summed E-state index contributed by atoms with van der Waals surface area (Å²) in [5.41, 5.74) is 3.48. The number of nitro groups is 2. The molecule has 12 heteroatoms. The van der Waals surface area contributed by atoms with Gasteiger partial charge in [0, 0.05) is 12.6 Å². The summed E-state index contributed by atoms with van der Waals surface area (Å²) in [4.78, 5) is 40.8. The zero-order valence-corrected chi connectivity index (χ0v) is 14.3. The van der Waals surface area contributed by atoms with Gasteiger partial charge in [0.1, 0.15) is 11.9 Å². The minimum absolute atomic E-state index is 0.00545. The summed E-state index contributed by atoms with van der Waals surface area (Å²) < 4.78 is 0. The molecule has 2 aromatic rings. The maximum absolute atomic E-state index is 12.2. The number of carbonyl (C=O) groups excluding carboxylic acids is 1. The van der Waals surface area contributed by atoms with Gasteiger partial charge in [0.25, 0.3) is 11.6 Å². The quantitative estimate of drug-likeness (QED) is 0.338. The number of para-hydroxylation sites is 1. The van der Waals surface area contributed by atoms with Gasteiger partial charge in [0.05, 0.1) is 9.85 Å². The molecule has 1 aromatic carbocycles. The van der Waals surface area contributed by atoms with E-state index in [-0.39, 0.29) is 17.2 Å². The van der Waals surface area contributed by atoms with E-state index >= 15 is 0 Å². The van der Waals surface area contributed by atoms with Gasteiger partial charge in [-0.3, -0.25) is 35.9 Å². The second-order valence-electron chi connectivity index (χ2n) is 5.31. The number of aromatic nitrogens is 2. The SMILES string of the molecule is CCCCNc1ncnc(NNC(=O)c2ccccc2[N+](=O)[O-])c1[N+](=O)[O-]. The van der Waals surface area contributed by atoms with E-state index in [4.69, 9.17) is 0 Å². The Labute approximate surface area is 153 Å². The molecule has 27 heavy (non-hydrogen) atoms. The predicted molar refractivity (Wildman–Crippen MR) is 96.3 cm³/mol. The highest BCUT2D eigenvalue weighted by Gasteiger charge is 2.24. The maximum Gasteiger partial charge on any atom is 0.354 e. The number of hydrazine groups is 1.